The van der Waals surface area contributed by atoms with E-state index in [0.29, 0.717) is 6.54 Å². The van der Waals surface area contributed by atoms with Crippen molar-refractivity contribution in [3.63, 3.8) is 0 Å². The minimum Gasteiger partial charge on any atom is -0.465 e. The quantitative estimate of drug-likeness (QED) is 0.837. The normalized spacial score (nSPS) is 22.5. The number of likely N-dealkylation sites (tertiary alicyclic amines) is 1. The molecule has 2 fully saturated rings. The number of nitrogens with zero attached hydrogens (tertiary/aromatic N) is 2. The summed E-state index contributed by atoms with van der Waals surface area (Å²) in [5.74, 6) is -0.474. The van der Waals surface area contributed by atoms with Crippen LogP contribution in [0.4, 0.5) is 10.5 Å². The second kappa shape index (κ2) is 8.55. The predicted octanol–water partition coefficient (Wildman–Crippen LogP) is 3.17. The molecule has 2 saturated heterocycles. The average molecular weight is 393 g/mol. The number of carbonyl (C=O) groups is 2. The molecule has 2 atom stereocenters. The summed E-state index contributed by atoms with van der Waals surface area (Å²) < 4.78 is 0. The van der Waals surface area contributed by atoms with Crippen molar-refractivity contribution < 1.29 is 14.7 Å². The molecule has 0 aliphatic carbocycles. The summed E-state index contributed by atoms with van der Waals surface area (Å²) in [6.07, 6.45) is 0.829. The van der Waals surface area contributed by atoms with Crippen LogP contribution in [0.1, 0.15) is 24.3 Å². The van der Waals surface area contributed by atoms with E-state index in [1.54, 1.807) is 0 Å². The molecule has 0 aromatic heterocycles. The molecular formula is C23H27N3O3. The number of nitrogens with one attached hydrogen (secondary N) is 1. The Morgan fingerprint density at radius 3 is 2.14 bits per heavy atom. The van der Waals surface area contributed by atoms with Crippen LogP contribution in [0.2, 0.25) is 0 Å². The van der Waals surface area contributed by atoms with E-state index in [2.05, 4.69) is 22.3 Å². The summed E-state index contributed by atoms with van der Waals surface area (Å²) in [6.45, 7) is 2.43. The molecule has 0 unspecified atom stereocenters. The average Bonchev–Trinajstić information content (AvgIpc) is 3.22. The predicted molar refractivity (Wildman–Crippen MR) is 112 cm³/mol. The van der Waals surface area contributed by atoms with Crippen molar-refractivity contribution in [3.8, 4) is 0 Å². The van der Waals surface area contributed by atoms with Crippen LogP contribution in [0.25, 0.3) is 0 Å². The number of anilines is 1. The summed E-state index contributed by atoms with van der Waals surface area (Å²) in [6, 6.07) is 20.2. The molecule has 2 aliphatic heterocycles. The first-order valence-corrected chi connectivity index (χ1v) is 10.2. The van der Waals surface area contributed by atoms with E-state index in [1.165, 1.54) is 10.6 Å². The molecule has 6 heteroatoms. The third-order valence-electron chi connectivity index (χ3n) is 6.12. The van der Waals surface area contributed by atoms with Gasteiger partial charge in [-0.05, 0) is 30.5 Å². The van der Waals surface area contributed by atoms with Gasteiger partial charge in [-0.1, -0.05) is 48.5 Å². The van der Waals surface area contributed by atoms with E-state index in [0.717, 1.165) is 31.5 Å². The second-order valence-electron chi connectivity index (χ2n) is 7.92. The second-order valence-corrected chi connectivity index (χ2v) is 7.92. The zero-order valence-electron chi connectivity index (χ0n) is 16.4. The first-order chi connectivity index (χ1) is 14.1. The van der Waals surface area contributed by atoms with Gasteiger partial charge >= 0.3 is 6.09 Å². The number of rotatable bonds is 4. The summed E-state index contributed by atoms with van der Waals surface area (Å²) in [5.41, 5.74) is 2.24. The van der Waals surface area contributed by atoms with Crippen LogP contribution >= 0.6 is 0 Å². The molecule has 4 rings (SSSR count). The maximum absolute atomic E-state index is 13.1. The van der Waals surface area contributed by atoms with Crippen LogP contribution in [-0.4, -0.2) is 54.2 Å². The third kappa shape index (κ3) is 4.36. The number of hydrogen-bond acceptors (Lipinski definition) is 3. The Hall–Kier alpha value is -3.02. The first-order valence-electron chi connectivity index (χ1n) is 10.2. The van der Waals surface area contributed by atoms with Crippen LogP contribution in [0.5, 0.6) is 0 Å². The lowest BCUT2D eigenvalue weighted by molar-refractivity contribution is -0.125. The first kappa shape index (κ1) is 19.3. The molecule has 29 heavy (non-hydrogen) atoms. The molecule has 2 N–H and O–H groups in total. The Morgan fingerprint density at radius 1 is 0.897 bits per heavy atom. The summed E-state index contributed by atoms with van der Waals surface area (Å²) >= 11 is 0. The van der Waals surface area contributed by atoms with Gasteiger partial charge in [0.1, 0.15) is 0 Å². The van der Waals surface area contributed by atoms with Gasteiger partial charge in [0.15, 0.2) is 0 Å². The van der Waals surface area contributed by atoms with E-state index in [1.807, 2.05) is 48.5 Å². The van der Waals surface area contributed by atoms with Crippen molar-refractivity contribution in [2.24, 2.45) is 5.92 Å². The minimum atomic E-state index is -0.961. The lowest BCUT2D eigenvalue weighted by atomic mass is 9.88. The van der Waals surface area contributed by atoms with Gasteiger partial charge in [0, 0.05) is 43.8 Å². The van der Waals surface area contributed by atoms with E-state index < -0.39 is 6.09 Å². The standard InChI is InChI=1S/C23H27N3O3/c27-22(24-18-11-13-25(14-12-18)19-9-5-2-6-10-19)21-16-26(23(28)29)15-20(21)17-7-3-1-4-8-17/h1-10,18,20-21H,11-16H2,(H,24,27)(H,28,29)/t20-,21+/m0/s1. The molecule has 6 nitrogen and oxygen atoms in total. The number of piperidine rings is 1. The molecule has 0 radical (unpaired) electrons. The van der Waals surface area contributed by atoms with Crippen molar-refractivity contribution >= 4 is 17.7 Å². The maximum atomic E-state index is 13.1. The number of amides is 2. The zero-order chi connectivity index (χ0) is 20.2. The van der Waals surface area contributed by atoms with Crippen LogP contribution < -0.4 is 10.2 Å². The maximum Gasteiger partial charge on any atom is 0.407 e. The third-order valence-corrected chi connectivity index (χ3v) is 6.12. The topological polar surface area (TPSA) is 72.9 Å². The Bertz CT molecular complexity index is 835. The van der Waals surface area contributed by atoms with Crippen molar-refractivity contribution in [2.45, 2.75) is 24.8 Å². The Labute approximate surface area is 171 Å². The van der Waals surface area contributed by atoms with Crippen molar-refractivity contribution in [3.05, 3.63) is 66.2 Å². The monoisotopic (exact) mass is 393 g/mol. The Balaban J connectivity index is 1.38. The molecule has 152 valence electrons. The lowest BCUT2D eigenvalue weighted by Crippen LogP contribution is -2.47. The van der Waals surface area contributed by atoms with Crippen molar-refractivity contribution in [1.82, 2.24) is 10.2 Å². The zero-order valence-corrected chi connectivity index (χ0v) is 16.4. The van der Waals surface area contributed by atoms with Crippen LogP contribution in [0, 0.1) is 5.92 Å². The van der Waals surface area contributed by atoms with E-state index >= 15 is 0 Å². The fraction of sp³-hybridized carbons (Fsp3) is 0.391. The van der Waals surface area contributed by atoms with Gasteiger partial charge in [0.25, 0.3) is 0 Å². The van der Waals surface area contributed by atoms with Gasteiger partial charge in [-0.2, -0.15) is 0 Å². The molecule has 0 spiro atoms. The molecular weight excluding hydrogens is 366 g/mol. The van der Waals surface area contributed by atoms with Crippen LogP contribution in [0.15, 0.2) is 60.7 Å². The largest absolute Gasteiger partial charge is 0.465 e. The molecule has 2 aromatic carbocycles. The van der Waals surface area contributed by atoms with Crippen molar-refractivity contribution in [2.75, 3.05) is 31.1 Å². The summed E-state index contributed by atoms with van der Waals surface area (Å²) in [4.78, 5) is 28.3. The number of carboxylic acid groups (broad SMARTS) is 1. The SMILES string of the molecule is O=C(NC1CCN(c2ccccc2)CC1)[C@@H]1CN(C(=O)O)C[C@H]1c1ccccc1. The van der Waals surface area contributed by atoms with Gasteiger partial charge in [0.2, 0.25) is 5.91 Å². The molecule has 0 bridgehead atoms. The molecule has 2 aromatic rings. The number of carbonyl (C=O) groups excluding carboxylic acids is 1. The highest BCUT2D eigenvalue weighted by molar-refractivity contribution is 5.82. The Kier molecular flexibility index (Phi) is 5.69. The van der Waals surface area contributed by atoms with E-state index in [4.69, 9.17) is 0 Å². The molecule has 2 aliphatic rings. The van der Waals surface area contributed by atoms with E-state index in [9.17, 15) is 14.7 Å². The Morgan fingerprint density at radius 2 is 1.52 bits per heavy atom. The number of para-hydroxylation sites is 1. The highest BCUT2D eigenvalue weighted by Gasteiger charge is 2.41. The van der Waals surface area contributed by atoms with Gasteiger partial charge in [-0.25, -0.2) is 4.79 Å². The molecule has 2 amide bonds. The van der Waals surface area contributed by atoms with E-state index in [-0.39, 0.29) is 30.3 Å². The van der Waals surface area contributed by atoms with Gasteiger partial charge in [-0.15, -0.1) is 0 Å². The van der Waals surface area contributed by atoms with Gasteiger partial charge in [0.05, 0.1) is 5.92 Å². The smallest absolute Gasteiger partial charge is 0.407 e. The summed E-state index contributed by atoms with van der Waals surface area (Å²) in [5, 5.41) is 12.6. The highest BCUT2D eigenvalue weighted by Crippen LogP contribution is 2.33. The molecule has 2 heterocycles. The lowest BCUT2D eigenvalue weighted by Gasteiger charge is -2.34. The van der Waals surface area contributed by atoms with Gasteiger partial charge < -0.3 is 20.2 Å². The number of benzene rings is 2. The fourth-order valence-corrected chi connectivity index (χ4v) is 4.49. The van der Waals surface area contributed by atoms with Gasteiger partial charge in [-0.3, -0.25) is 4.79 Å². The van der Waals surface area contributed by atoms with Crippen LogP contribution in [0.3, 0.4) is 0 Å². The fourth-order valence-electron chi connectivity index (χ4n) is 4.49. The molecule has 0 saturated carbocycles. The highest BCUT2D eigenvalue weighted by atomic mass is 16.4. The van der Waals surface area contributed by atoms with Crippen molar-refractivity contribution in [1.29, 1.82) is 0 Å². The summed E-state index contributed by atoms with van der Waals surface area (Å²) in [7, 11) is 0. The van der Waals surface area contributed by atoms with Crippen LogP contribution in [-0.2, 0) is 4.79 Å². The number of hydrogen-bond donors (Lipinski definition) is 2. The minimum absolute atomic E-state index is 0.0271.